The maximum absolute atomic E-state index is 9.87. The summed E-state index contributed by atoms with van der Waals surface area (Å²) in [5.74, 6) is 0. The standard InChI is InChI=1S/C59H39N3/c60-40-41-27-29-44(30-28-41)58-54-35-33-51(62(48-23-8-3-9-24-48)49-32-31-42-15-10-11-17-45(42)37-49)39-57(54)59(53-26-14-18-43-16-12-13-25-52(43)53)55-36-34-50(38-56(55)58)61(46-19-4-1-5-20-46)47-21-6-2-7-22-47/h1-39H. The topological polar surface area (TPSA) is 30.3 Å². The Morgan fingerprint density at radius 2 is 0.758 bits per heavy atom. The van der Waals surface area contributed by atoms with Gasteiger partial charge in [0.15, 0.2) is 0 Å². The van der Waals surface area contributed by atoms with Gasteiger partial charge in [-0.2, -0.15) is 5.26 Å². The molecule has 0 bridgehead atoms. The molecule has 0 radical (unpaired) electrons. The highest BCUT2D eigenvalue weighted by molar-refractivity contribution is 6.24. The molecule has 0 saturated heterocycles. The second-order valence-electron chi connectivity index (χ2n) is 15.6. The third-order valence-corrected chi connectivity index (χ3v) is 12.0. The molecule has 3 heteroatoms. The molecule has 0 N–H and O–H groups in total. The van der Waals surface area contributed by atoms with Gasteiger partial charge in [0.25, 0.3) is 0 Å². The highest BCUT2D eigenvalue weighted by Crippen LogP contribution is 2.49. The van der Waals surface area contributed by atoms with E-state index < -0.39 is 0 Å². The van der Waals surface area contributed by atoms with Crippen molar-refractivity contribution in [1.82, 2.24) is 0 Å². The fraction of sp³-hybridized carbons (Fsp3) is 0. The van der Waals surface area contributed by atoms with Crippen LogP contribution in [0, 0.1) is 11.3 Å². The van der Waals surface area contributed by atoms with E-state index in [1.807, 2.05) is 12.1 Å². The summed E-state index contributed by atoms with van der Waals surface area (Å²) in [5.41, 5.74) is 11.6. The molecule has 62 heavy (non-hydrogen) atoms. The first-order valence-electron chi connectivity index (χ1n) is 21.0. The van der Waals surface area contributed by atoms with Crippen LogP contribution in [0.4, 0.5) is 34.1 Å². The van der Waals surface area contributed by atoms with Crippen LogP contribution in [0.5, 0.6) is 0 Å². The van der Waals surface area contributed by atoms with Crippen molar-refractivity contribution in [2.75, 3.05) is 9.80 Å². The molecular weight excluding hydrogens is 751 g/mol. The van der Waals surface area contributed by atoms with E-state index >= 15 is 0 Å². The van der Waals surface area contributed by atoms with Crippen LogP contribution in [-0.2, 0) is 0 Å². The van der Waals surface area contributed by atoms with Gasteiger partial charge in [-0.25, -0.2) is 0 Å². The van der Waals surface area contributed by atoms with E-state index in [0.29, 0.717) is 5.56 Å². The zero-order chi connectivity index (χ0) is 41.4. The average molecular weight is 790 g/mol. The first-order chi connectivity index (χ1) is 30.7. The Labute approximate surface area is 361 Å². The lowest BCUT2D eigenvalue weighted by Gasteiger charge is -2.28. The Kier molecular flexibility index (Phi) is 9.23. The van der Waals surface area contributed by atoms with E-state index in [1.165, 1.54) is 32.7 Å². The van der Waals surface area contributed by atoms with E-state index in [4.69, 9.17) is 0 Å². The van der Waals surface area contributed by atoms with Gasteiger partial charge >= 0.3 is 0 Å². The molecule has 11 rings (SSSR count). The Bertz CT molecular complexity index is 3420. The minimum atomic E-state index is 0.630. The van der Waals surface area contributed by atoms with Crippen molar-refractivity contribution in [2.24, 2.45) is 0 Å². The fourth-order valence-electron chi connectivity index (χ4n) is 9.18. The second kappa shape index (κ2) is 15.6. The number of nitrogens with zero attached hydrogens (tertiary/aromatic N) is 3. The number of rotatable bonds is 8. The van der Waals surface area contributed by atoms with Gasteiger partial charge in [-0.15, -0.1) is 0 Å². The summed E-state index contributed by atoms with van der Waals surface area (Å²) in [6.45, 7) is 0. The van der Waals surface area contributed by atoms with Crippen LogP contribution in [0.1, 0.15) is 5.56 Å². The van der Waals surface area contributed by atoms with E-state index in [9.17, 15) is 5.26 Å². The van der Waals surface area contributed by atoms with E-state index in [2.05, 4.69) is 240 Å². The number of para-hydroxylation sites is 3. The number of nitriles is 1. The quantitative estimate of drug-likeness (QED) is 0.144. The van der Waals surface area contributed by atoms with E-state index in [1.54, 1.807) is 0 Å². The predicted octanol–water partition coefficient (Wildman–Crippen LogP) is 16.4. The highest BCUT2D eigenvalue weighted by Gasteiger charge is 2.23. The van der Waals surface area contributed by atoms with Gasteiger partial charge in [0.2, 0.25) is 0 Å². The number of hydrogen-bond acceptors (Lipinski definition) is 3. The van der Waals surface area contributed by atoms with Crippen molar-refractivity contribution in [3.05, 3.63) is 242 Å². The summed E-state index contributed by atoms with van der Waals surface area (Å²) in [7, 11) is 0. The maximum Gasteiger partial charge on any atom is 0.0991 e. The zero-order valence-corrected chi connectivity index (χ0v) is 33.9. The SMILES string of the molecule is N#Cc1ccc(-c2c3cc(N(c4ccccc4)c4ccccc4)ccc3c(-c3cccc4ccccc34)c3cc(N(c4ccccc4)c4ccc5ccccc5c4)ccc23)cc1. The Hall–Kier alpha value is -8.45. The summed E-state index contributed by atoms with van der Waals surface area (Å²) in [5, 5.41) is 19.2. The third kappa shape index (κ3) is 6.48. The maximum atomic E-state index is 9.87. The van der Waals surface area contributed by atoms with Crippen molar-refractivity contribution in [3.63, 3.8) is 0 Å². The van der Waals surface area contributed by atoms with Crippen molar-refractivity contribution < 1.29 is 0 Å². The number of benzene rings is 11. The average Bonchev–Trinajstić information content (AvgIpc) is 3.34. The van der Waals surface area contributed by atoms with Gasteiger partial charge in [-0.1, -0.05) is 152 Å². The molecule has 0 fully saturated rings. The van der Waals surface area contributed by atoms with Crippen LogP contribution in [0.3, 0.4) is 0 Å². The molecule has 3 nitrogen and oxygen atoms in total. The number of hydrogen-bond donors (Lipinski definition) is 0. The van der Waals surface area contributed by atoms with Gasteiger partial charge in [-0.05, 0) is 150 Å². The Morgan fingerprint density at radius 1 is 0.290 bits per heavy atom. The van der Waals surface area contributed by atoms with Crippen LogP contribution in [0.15, 0.2) is 237 Å². The molecule has 0 spiro atoms. The molecule has 11 aromatic carbocycles. The third-order valence-electron chi connectivity index (χ3n) is 12.0. The first kappa shape index (κ1) is 36.6. The summed E-state index contributed by atoms with van der Waals surface area (Å²) in [4.78, 5) is 4.69. The van der Waals surface area contributed by atoms with E-state index in [-0.39, 0.29) is 0 Å². The minimum absolute atomic E-state index is 0.630. The van der Waals surface area contributed by atoms with Crippen LogP contribution < -0.4 is 9.80 Å². The predicted molar refractivity (Wildman–Crippen MR) is 261 cm³/mol. The normalized spacial score (nSPS) is 11.2. The van der Waals surface area contributed by atoms with Gasteiger partial charge < -0.3 is 9.80 Å². The molecule has 0 saturated carbocycles. The summed E-state index contributed by atoms with van der Waals surface area (Å²) in [6, 6.07) is 86.7. The molecule has 11 aromatic rings. The molecule has 0 aromatic heterocycles. The zero-order valence-electron chi connectivity index (χ0n) is 33.9. The monoisotopic (exact) mass is 789 g/mol. The van der Waals surface area contributed by atoms with Crippen molar-refractivity contribution >= 4 is 77.2 Å². The molecule has 0 aliphatic heterocycles. The van der Waals surface area contributed by atoms with Crippen LogP contribution in [0.2, 0.25) is 0 Å². The van der Waals surface area contributed by atoms with Crippen LogP contribution in [-0.4, -0.2) is 0 Å². The lowest BCUT2D eigenvalue weighted by molar-refractivity contribution is 1.29. The van der Waals surface area contributed by atoms with Crippen molar-refractivity contribution in [2.45, 2.75) is 0 Å². The largest absolute Gasteiger partial charge is 0.310 e. The lowest BCUT2D eigenvalue weighted by atomic mass is 9.84. The number of anilines is 6. The van der Waals surface area contributed by atoms with Gasteiger partial charge in [0.05, 0.1) is 11.6 Å². The highest BCUT2D eigenvalue weighted by atomic mass is 15.1. The second-order valence-corrected chi connectivity index (χ2v) is 15.6. The smallest absolute Gasteiger partial charge is 0.0991 e. The van der Waals surface area contributed by atoms with Crippen LogP contribution >= 0.6 is 0 Å². The summed E-state index contributed by atoms with van der Waals surface area (Å²) in [6.07, 6.45) is 0. The lowest BCUT2D eigenvalue weighted by Crippen LogP contribution is -2.10. The van der Waals surface area contributed by atoms with Crippen LogP contribution in [0.25, 0.3) is 65.3 Å². The molecule has 0 heterocycles. The van der Waals surface area contributed by atoms with Gasteiger partial charge in [0, 0.05) is 34.1 Å². The number of fused-ring (bicyclic) bond motifs is 4. The fourth-order valence-corrected chi connectivity index (χ4v) is 9.18. The Morgan fingerprint density at radius 3 is 1.37 bits per heavy atom. The first-order valence-corrected chi connectivity index (χ1v) is 21.0. The van der Waals surface area contributed by atoms with Crippen molar-refractivity contribution in [1.29, 1.82) is 5.26 Å². The van der Waals surface area contributed by atoms with Gasteiger partial charge in [-0.3, -0.25) is 0 Å². The molecule has 290 valence electrons. The van der Waals surface area contributed by atoms with Crippen molar-refractivity contribution in [3.8, 4) is 28.3 Å². The molecule has 0 unspecified atom stereocenters. The molecule has 0 aliphatic rings. The molecule has 0 aliphatic carbocycles. The Balaban J connectivity index is 1.26. The minimum Gasteiger partial charge on any atom is -0.310 e. The summed E-state index contributed by atoms with van der Waals surface area (Å²) < 4.78 is 0. The van der Waals surface area contributed by atoms with Gasteiger partial charge in [0.1, 0.15) is 0 Å². The molecule has 0 amide bonds. The van der Waals surface area contributed by atoms with E-state index in [0.717, 1.165) is 66.8 Å². The molecular formula is C59H39N3. The molecule has 0 atom stereocenters. The summed E-state index contributed by atoms with van der Waals surface area (Å²) >= 11 is 0.